The summed E-state index contributed by atoms with van der Waals surface area (Å²) in [4.78, 5) is 0. The van der Waals surface area contributed by atoms with Crippen molar-refractivity contribution in [1.82, 2.24) is 4.31 Å². The van der Waals surface area contributed by atoms with Crippen LogP contribution in [0.4, 0.5) is 0 Å². The van der Waals surface area contributed by atoms with E-state index in [1.54, 1.807) is 4.31 Å². The molecular formula is C12H25NO3S. The van der Waals surface area contributed by atoms with Crippen LogP contribution in [-0.4, -0.2) is 42.3 Å². The van der Waals surface area contributed by atoms with E-state index in [1.807, 2.05) is 13.8 Å². The van der Waals surface area contributed by atoms with Gasteiger partial charge in [0.1, 0.15) is 0 Å². The molecule has 4 nitrogen and oxygen atoms in total. The Balaban J connectivity index is 2.76. The Hall–Kier alpha value is -0.130. The maximum Gasteiger partial charge on any atom is 0.214 e. The molecule has 0 aromatic carbocycles. The molecule has 0 aliphatic carbocycles. The van der Waals surface area contributed by atoms with E-state index in [2.05, 4.69) is 0 Å². The summed E-state index contributed by atoms with van der Waals surface area (Å²) in [5, 5.41) is 9.94. The monoisotopic (exact) mass is 263 g/mol. The molecule has 1 rings (SSSR count). The van der Waals surface area contributed by atoms with Crippen LogP contribution in [0.2, 0.25) is 0 Å². The third kappa shape index (κ3) is 3.93. The summed E-state index contributed by atoms with van der Waals surface area (Å²) >= 11 is 0. The van der Waals surface area contributed by atoms with Crippen LogP contribution in [0.1, 0.15) is 52.4 Å². The molecule has 0 aromatic rings. The van der Waals surface area contributed by atoms with Crippen LogP contribution >= 0.6 is 0 Å². The zero-order valence-electron chi connectivity index (χ0n) is 10.9. The van der Waals surface area contributed by atoms with Gasteiger partial charge in [0.05, 0.1) is 17.9 Å². The van der Waals surface area contributed by atoms with E-state index < -0.39 is 16.1 Å². The van der Waals surface area contributed by atoms with E-state index in [4.69, 9.17) is 0 Å². The number of aliphatic hydroxyl groups is 1. The topological polar surface area (TPSA) is 57.6 Å². The Morgan fingerprint density at radius 3 is 2.65 bits per heavy atom. The van der Waals surface area contributed by atoms with Crippen LogP contribution in [0, 0.1) is 0 Å². The van der Waals surface area contributed by atoms with Crippen molar-refractivity contribution < 1.29 is 13.5 Å². The Bertz CT molecular complexity index is 316. The van der Waals surface area contributed by atoms with Crippen molar-refractivity contribution in [3.8, 4) is 0 Å². The molecule has 0 bridgehead atoms. The lowest BCUT2D eigenvalue weighted by molar-refractivity contribution is 0.0667. The molecule has 2 unspecified atom stereocenters. The molecule has 0 radical (unpaired) electrons. The van der Waals surface area contributed by atoms with Gasteiger partial charge in [0.25, 0.3) is 0 Å². The summed E-state index contributed by atoms with van der Waals surface area (Å²) < 4.78 is 25.9. The quantitative estimate of drug-likeness (QED) is 0.794. The summed E-state index contributed by atoms with van der Waals surface area (Å²) in [5.74, 6) is 0.219. The molecule has 2 atom stereocenters. The van der Waals surface area contributed by atoms with Crippen LogP contribution in [0.25, 0.3) is 0 Å². The zero-order valence-corrected chi connectivity index (χ0v) is 11.7. The van der Waals surface area contributed by atoms with Crippen molar-refractivity contribution in [3.63, 3.8) is 0 Å². The number of hydrogen-bond donors (Lipinski definition) is 1. The fraction of sp³-hybridized carbons (Fsp3) is 1.00. The van der Waals surface area contributed by atoms with Gasteiger partial charge in [0, 0.05) is 6.54 Å². The van der Waals surface area contributed by atoms with Crippen molar-refractivity contribution >= 4 is 10.0 Å². The van der Waals surface area contributed by atoms with Gasteiger partial charge in [-0.3, -0.25) is 0 Å². The number of nitrogens with zero attached hydrogens (tertiary/aromatic N) is 1. The summed E-state index contributed by atoms with van der Waals surface area (Å²) in [5.41, 5.74) is 0. The Morgan fingerprint density at radius 2 is 2.06 bits per heavy atom. The van der Waals surface area contributed by atoms with Crippen LogP contribution < -0.4 is 0 Å². The second kappa shape index (κ2) is 6.71. The SMILES string of the molecule is CCCCS(=O)(=O)N1CCCCC1C(O)CC. The highest BCUT2D eigenvalue weighted by molar-refractivity contribution is 7.89. The minimum atomic E-state index is -3.18. The summed E-state index contributed by atoms with van der Waals surface area (Å²) in [6, 6.07) is -0.199. The van der Waals surface area contributed by atoms with E-state index >= 15 is 0 Å². The normalized spacial score (nSPS) is 24.8. The molecule has 1 saturated heterocycles. The molecule has 102 valence electrons. The van der Waals surface area contributed by atoms with Crippen LogP contribution in [0.5, 0.6) is 0 Å². The van der Waals surface area contributed by atoms with E-state index in [9.17, 15) is 13.5 Å². The average molecular weight is 263 g/mol. The smallest absolute Gasteiger partial charge is 0.214 e. The number of sulfonamides is 1. The second-order valence-corrected chi connectivity index (χ2v) is 6.86. The first-order chi connectivity index (χ1) is 8.03. The lowest BCUT2D eigenvalue weighted by Crippen LogP contribution is -2.50. The van der Waals surface area contributed by atoms with Gasteiger partial charge in [0.15, 0.2) is 0 Å². The molecule has 1 heterocycles. The highest BCUT2D eigenvalue weighted by Crippen LogP contribution is 2.24. The molecule has 1 aliphatic rings. The molecule has 0 spiro atoms. The predicted molar refractivity (Wildman–Crippen MR) is 69.3 cm³/mol. The first-order valence-corrected chi connectivity index (χ1v) is 8.31. The maximum atomic E-state index is 12.2. The van der Waals surface area contributed by atoms with Gasteiger partial charge in [-0.1, -0.05) is 26.7 Å². The van der Waals surface area contributed by atoms with Crippen molar-refractivity contribution in [3.05, 3.63) is 0 Å². The second-order valence-electron chi connectivity index (χ2n) is 4.82. The number of rotatable bonds is 6. The Labute approximate surface area is 105 Å². The van der Waals surface area contributed by atoms with Gasteiger partial charge in [-0.05, 0) is 25.7 Å². The summed E-state index contributed by atoms with van der Waals surface area (Å²) in [7, 11) is -3.18. The molecule has 1 aliphatic heterocycles. The first kappa shape index (κ1) is 14.9. The third-order valence-corrected chi connectivity index (χ3v) is 5.45. The summed E-state index contributed by atoms with van der Waals surface area (Å²) in [6.07, 6.45) is 4.40. The number of hydrogen-bond acceptors (Lipinski definition) is 3. The van der Waals surface area contributed by atoms with Crippen molar-refractivity contribution in [2.75, 3.05) is 12.3 Å². The van der Waals surface area contributed by atoms with Gasteiger partial charge in [-0.15, -0.1) is 0 Å². The van der Waals surface area contributed by atoms with E-state index in [-0.39, 0.29) is 11.8 Å². The lowest BCUT2D eigenvalue weighted by Gasteiger charge is -2.37. The fourth-order valence-electron chi connectivity index (χ4n) is 2.38. The molecular weight excluding hydrogens is 238 g/mol. The van der Waals surface area contributed by atoms with Crippen molar-refractivity contribution in [2.45, 2.75) is 64.5 Å². The van der Waals surface area contributed by atoms with Gasteiger partial charge in [-0.25, -0.2) is 8.42 Å². The lowest BCUT2D eigenvalue weighted by atomic mass is 9.98. The van der Waals surface area contributed by atoms with E-state index in [1.165, 1.54) is 0 Å². The molecule has 1 fully saturated rings. The van der Waals surface area contributed by atoms with Crippen molar-refractivity contribution in [1.29, 1.82) is 0 Å². The van der Waals surface area contributed by atoms with Gasteiger partial charge in [-0.2, -0.15) is 4.31 Å². The third-order valence-electron chi connectivity index (χ3n) is 3.47. The average Bonchev–Trinajstić information content (AvgIpc) is 2.35. The minimum Gasteiger partial charge on any atom is -0.391 e. The van der Waals surface area contributed by atoms with Gasteiger partial charge in [0.2, 0.25) is 10.0 Å². The highest BCUT2D eigenvalue weighted by atomic mass is 32.2. The van der Waals surface area contributed by atoms with E-state index in [0.717, 1.165) is 25.7 Å². The Morgan fingerprint density at radius 1 is 1.35 bits per heavy atom. The molecule has 0 aromatic heterocycles. The molecule has 5 heteroatoms. The molecule has 1 N–H and O–H groups in total. The number of piperidine rings is 1. The Kier molecular flexibility index (Phi) is 5.89. The van der Waals surface area contributed by atoms with Crippen LogP contribution in [0.15, 0.2) is 0 Å². The van der Waals surface area contributed by atoms with E-state index in [0.29, 0.717) is 19.4 Å². The molecule has 0 saturated carbocycles. The maximum absolute atomic E-state index is 12.2. The standard InChI is InChI=1S/C12H25NO3S/c1-3-5-10-17(15,16)13-9-7-6-8-11(13)12(14)4-2/h11-12,14H,3-10H2,1-2H3. The zero-order chi connectivity index (χ0) is 12.9. The van der Waals surface area contributed by atoms with Crippen LogP contribution in [0.3, 0.4) is 0 Å². The highest BCUT2D eigenvalue weighted by Gasteiger charge is 2.35. The fourth-order valence-corrected chi connectivity index (χ4v) is 4.33. The van der Waals surface area contributed by atoms with Gasteiger partial charge < -0.3 is 5.11 Å². The minimum absolute atomic E-state index is 0.199. The number of aliphatic hydroxyl groups excluding tert-OH is 1. The number of unbranched alkanes of at least 4 members (excludes halogenated alkanes) is 1. The van der Waals surface area contributed by atoms with Crippen LogP contribution in [-0.2, 0) is 10.0 Å². The largest absolute Gasteiger partial charge is 0.391 e. The molecule has 17 heavy (non-hydrogen) atoms. The van der Waals surface area contributed by atoms with Crippen molar-refractivity contribution in [2.24, 2.45) is 0 Å². The summed E-state index contributed by atoms with van der Waals surface area (Å²) in [6.45, 7) is 4.47. The molecule has 0 amide bonds. The van der Waals surface area contributed by atoms with Gasteiger partial charge >= 0.3 is 0 Å². The predicted octanol–water partition coefficient (Wildman–Crippen LogP) is 1.74. The first-order valence-electron chi connectivity index (χ1n) is 6.70.